The predicted molar refractivity (Wildman–Crippen MR) is 218 cm³/mol. The highest BCUT2D eigenvalue weighted by molar-refractivity contribution is 8.03. The van der Waals surface area contributed by atoms with Gasteiger partial charge in [-0.1, -0.05) is 151 Å². The molecule has 0 spiro atoms. The van der Waals surface area contributed by atoms with Gasteiger partial charge in [-0.05, 0) is 79.7 Å². The zero-order valence-electron chi connectivity index (χ0n) is 28.0. The maximum absolute atomic E-state index is 6.59. The molecule has 0 aliphatic carbocycles. The fourth-order valence-corrected chi connectivity index (χ4v) is 9.25. The van der Waals surface area contributed by atoms with Gasteiger partial charge in [0.1, 0.15) is 17.0 Å². The molecule has 1 N–H and O–H groups in total. The van der Waals surface area contributed by atoms with Crippen LogP contribution in [0, 0.1) is 0 Å². The topological polar surface area (TPSA) is 37.5 Å². The lowest BCUT2D eigenvalue weighted by atomic mass is 9.95. The smallest absolute Gasteiger partial charge is 0.136 e. The van der Waals surface area contributed by atoms with Crippen molar-refractivity contribution in [2.75, 3.05) is 0 Å². The first-order chi connectivity index (χ1) is 25.7. The van der Waals surface area contributed by atoms with Gasteiger partial charge in [-0.15, -0.1) is 0 Å². The van der Waals surface area contributed by atoms with E-state index in [9.17, 15) is 0 Å². The van der Waals surface area contributed by atoms with E-state index in [2.05, 4.69) is 175 Å². The molecule has 4 heteroatoms. The number of hydrogen-bond acceptors (Lipinski definition) is 4. The molecule has 0 fully saturated rings. The molecule has 1 aromatic heterocycles. The Bertz CT molecular complexity index is 2960. The van der Waals surface area contributed by atoms with Gasteiger partial charge in [0.25, 0.3) is 0 Å². The molecule has 52 heavy (non-hydrogen) atoms. The quantitative estimate of drug-likeness (QED) is 0.201. The molecule has 1 atom stereocenters. The van der Waals surface area contributed by atoms with E-state index in [1.807, 2.05) is 11.8 Å². The van der Waals surface area contributed by atoms with Gasteiger partial charge in [0.2, 0.25) is 0 Å². The monoisotopic (exact) mass is 682 g/mol. The van der Waals surface area contributed by atoms with Gasteiger partial charge in [-0.3, -0.25) is 0 Å². The highest BCUT2D eigenvalue weighted by Gasteiger charge is 2.35. The van der Waals surface area contributed by atoms with E-state index in [0.717, 1.165) is 55.7 Å². The second-order valence-corrected chi connectivity index (χ2v) is 14.6. The summed E-state index contributed by atoms with van der Waals surface area (Å²) in [6.45, 7) is 0. The summed E-state index contributed by atoms with van der Waals surface area (Å²) in [5.41, 5.74) is 10.9. The van der Waals surface area contributed by atoms with Crippen molar-refractivity contribution < 1.29 is 4.42 Å². The van der Waals surface area contributed by atoms with Crippen LogP contribution in [-0.2, 0) is 0 Å². The van der Waals surface area contributed by atoms with Crippen molar-refractivity contribution in [3.05, 3.63) is 191 Å². The Morgan fingerprint density at radius 1 is 0.500 bits per heavy atom. The summed E-state index contributed by atoms with van der Waals surface area (Å²) < 4.78 is 6.59. The van der Waals surface area contributed by atoms with E-state index >= 15 is 0 Å². The van der Waals surface area contributed by atoms with Gasteiger partial charge in [0, 0.05) is 31.7 Å². The van der Waals surface area contributed by atoms with E-state index in [1.165, 1.54) is 48.0 Å². The zero-order chi connectivity index (χ0) is 34.2. The minimum absolute atomic E-state index is 0.0204. The highest BCUT2D eigenvalue weighted by atomic mass is 32.2. The van der Waals surface area contributed by atoms with Crippen LogP contribution < -0.4 is 5.32 Å². The molecule has 2 aliphatic rings. The number of amidine groups is 1. The number of fused-ring (bicyclic) bond motifs is 8. The summed E-state index contributed by atoms with van der Waals surface area (Å²) in [5, 5.41) is 11.0. The fraction of sp³-hybridized carbons (Fsp3) is 0.0208. The summed E-state index contributed by atoms with van der Waals surface area (Å²) in [6, 6.07) is 60.7. The van der Waals surface area contributed by atoms with Crippen LogP contribution in [0.15, 0.2) is 189 Å². The molecule has 0 saturated carbocycles. The fourth-order valence-electron chi connectivity index (χ4n) is 8.00. The van der Waals surface area contributed by atoms with Crippen LogP contribution in [0.4, 0.5) is 0 Å². The van der Waals surface area contributed by atoms with Gasteiger partial charge in [-0.2, -0.15) is 0 Å². The Morgan fingerprint density at radius 2 is 1.21 bits per heavy atom. The molecule has 0 bridgehead atoms. The molecule has 2 aliphatic heterocycles. The van der Waals surface area contributed by atoms with Crippen molar-refractivity contribution in [1.82, 2.24) is 5.32 Å². The maximum Gasteiger partial charge on any atom is 0.136 e. The average Bonchev–Trinajstić information content (AvgIpc) is 3.78. The van der Waals surface area contributed by atoms with Crippen molar-refractivity contribution in [2.45, 2.75) is 10.9 Å². The molecule has 244 valence electrons. The van der Waals surface area contributed by atoms with Gasteiger partial charge in [-0.25, -0.2) is 4.99 Å². The Hall–Kier alpha value is -6.36. The number of thioether (sulfide) groups is 1. The van der Waals surface area contributed by atoms with Crippen LogP contribution in [0.5, 0.6) is 0 Å². The van der Waals surface area contributed by atoms with E-state index in [-0.39, 0.29) is 6.04 Å². The lowest BCUT2D eigenvalue weighted by Gasteiger charge is -2.26. The second kappa shape index (κ2) is 11.6. The van der Waals surface area contributed by atoms with Crippen molar-refractivity contribution in [3.8, 4) is 22.3 Å². The summed E-state index contributed by atoms with van der Waals surface area (Å²) >= 11 is 1.82. The minimum Gasteiger partial charge on any atom is -0.456 e. The standard InChI is InChI=1S/C48H30N2OS/c1-2-11-33-27-35(24-21-29(33)9-1)45-47-46(39-14-5-6-18-43(39)52-47)50-48(49-45)40-16-8-17-41-44(40)38-26-25-34(28-42(38)51-41)30-19-22-32(23-20-30)37-15-7-12-31-10-3-4-13-36(31)37/h1-28,46H,(H,49,50). The number of nitrogens with zero attached hydrogens (tertiary/aromatic N) is 1. The van der Waals surface area contributed by atoms with Crippen LogP contribution in [0.1, 0.15) is 22.7 Å². The molecule has 8 aromatic carbocycles. The first kappa shape index (κ1) is 29.4. The van der Waals surface area contributed by atoms with Gasteiger partial charge < -0.3 is 9.73 Å². The molecular weight excluding hydrogens is 653 g/mol. The molecular formula is C48H30N2OS. The number of nitrogens with one attached hydrogen (secondary N) is 1. The van der Waals surface area contributed by atoms with Crippen LogP contribution in [0.25, 0.3) is 71.4 Å². The molecule has 11 rings (SSSR count). The van der Waals surface area contributed by atoms with Crippen LogP contribution in [-0.4, -0.2) is 5.84 Å². The van der Waals surface area contributed by atoms with Gasteiger partial charge in [0.15, 0.2) is 0 Å². The number of furan rings is 1. The SMILES string of the molecule is c1ccc2c(c1)SC1=C(c3ccc4ccccc4c3)N=C(c3cccc4oc5cc(-c6ccc(-c7cccc8ccccc78)cc6)ccc5c34)NC12. The van der Waals surface area contributed by atoms with Crippen LogP contribution in [0.2, 0.25) is 0 Å². The third-order valence-electron chi connectivity index (χ3n) is 10.5. The lowest BCUT2D eigenvalue weighted by molar-refractivity contribution is 0.669. The summed E-state index contributed by atoms with van der Waals surface area (Å²) in [5.74, 6) is 0.857. The Morgan fingerprint density at radius 3 is 2.13 bits per heavy atom. The lowest BCUT2D eigenvalue weighted by Crippen LogP contribution is -2.32. The van der Waals surface area contributed by atoms with Crippen LogP contribution >= 0.6 is 11.8 Å². The number of aliphatic imine (C=N–C) groups is 1. The van der Waals surface area contributed by atoms with Crippen molar-refractivity contribution >= 4 is 66.8 Å². The molecule has 0 saturated heterocycles. The maximum atomic E-state index is 6.59. The van der Waals surface area contributed by atoms with Crippen LogP contribution in [0.3, 0.4) is 0 Å². The van der Waals surface area contributed by atoms with Crippen molar-refractivity contribution in [1.29, 1.82) is 0 Å². The summed E-state index contributed by atoms with van der Waals surface area (Å²) in [4.78, 5) is 7.94. The molecule has 0 amide bonds. The normalized spacial score (nSPS) is 15.2. The van der Waals surface area contributed by atoms with E-state index in [4.69, 9.17) is 9.41 Å². The predicted octanol–water partition coefficient (Wildman–Crippen LogP) is 12.8. The largest absolute Gasteiger partial charge is 0.456 e. The molecule has 0 radical (unpaired) electrons. The summed E-state index contributed by atoms with van der Waals surface area (Å²) in [6.07, 6.45) is 0. The Labute approximate surface area is 305 Å². The summed E-state index contributed by atoms with van der Waals surface area (Å²) in [7, 11) is 0. The van der Waals surface area contributed by atoms with Gasteiger partial charge >= 0.3 is 0 Å². The first-order valence-electron chi connectivity index (χ1n) is 17.6. The van der Waals surface area contributed by atoms with Gasteiger partial charge in [0.05, 0.1) is 11.7 Å². The third-order valence-corrected chi connectivity index (χ3v) is 11.8. The van der Waals surface area contributed by atoms with Crippen molar-refractivity contribution in [2.24, 2.45) is 4.99 Å². The Balaban J connectivity index is 1.01. The third kappa shape index (κ3) is 4.65. The number of rotatable bonds is 4. The van der Waals surface area contributed by atoms with E-state index in [0.29, 0.717) is 0 Å². The minimum atomic E-state index is 0.0204. The molecule has 1 unspecified atom stereocenters. The highest BCUT2D eigenvalue weighted by Crippen LogP contribution is 2.52. The second-order valence-electron chi connectivity index (χ2n) is 13.5. The number of hydrogen-bond donors (Lipinski definition) is 1. The number of benzene rings is 8. The Kier molecular flexibility index (Phi) is 6.55. The molecule has 3 heterocycles. The zero-order valence-corrected chi connectivity index (χ0v) is 28.8. The average molecular weight is 683 g/mol. The van der Waals surface area contributed by atoms with Crippen molar-refractivity contribution in [3.63, 3.8) is 0 Å². The molecule has 3 nitrogen and oxygen atoms in total. The first-order valence-corrected chi connectivity index (χ1v) is 18.5. The van der Waals surface area contributed by atoms with E-state index in [1.54, 1.807) is 0 Å². The van der Waals surface area contributed by atoms with E-state index < -0.39 is 0 Å². The molecule has 9 aromatic rings.